The van der Waals surface area contributed by atoms with Crippen molar-refractivity contribution in [2.75, 3.05) is 7.11 Å². The molecule has 0 radical (unpaired) electrons. The number of carbonyl (C=O) groups is 1. The third kappa shape index (κ3) is 15.7. The van der Waals surface area contributed by atoms with Crippen LogP contribution in [0.1, 0.15) is 104 Å². The van der Waals surface area contributed by atoms with E-state index in [1.54, 1.807) is 0 Å². The van der Waals surface area contributed by atoms with Gasteiger partial charge in [-0.25, -0.2) is 4.79 Å². The maximum Gasteiger partial charge on any atom is 0.509 e. The highest BCUT2D eigenvalue weighted by Crippen LogP contribution is 2.11. The minimum atomic E-state index is -0.625. The highest BCUT2D eigenvalue weighted by molar-refractivity contribution is 5.60. The van der Waals surface area contributed by atoms with E-state index in [9.17, 15) is 4.79 Å². The lowest BCUT2D eigenvalue weighted by atomic mass is 10.1. The first kappa shape index (κ1) is 22.8. The van der Waals surface area contributed by atoms with E-state index in [2.05, 4.69) is 30.4 Å². The number of unbranched alkanes of at least 4 members (excludes halogenated alkanes) is 11. The third-order valence-corrected chi connectivity index (χ3v) is 4.14. The molecular weight excluding hydrogens is 300 g/mol. The Labute approximate surface area is 149 Å². The molecule has 0 fully saturated rings. The number of hydrogen-bond donors (Lipinski definition) is 0. The van der Waals surface area contributed by atoms with Crippen molar-refractivity contribution in [3.05, 3.63) is 0 Å². The molecule has 0 aliphatic heterocycles. The molecule has 0 aliphatic carbocycles. The summed E-state index contributed by atoms with van der Waals surface area (Å²) in [5.74, 6) is 6.30. The summed E-state index contributed by atoms with van der Waals surface area (Å²) in [7, 11) is 1.34. The summed E-state index contributed by atoms with van der Waals surface area (Å²) in [4.78, 5) is 11.3. The van der Waals surface area contributed by atoms with Gasteiger partial charge in [0.1, 0.15) is 0 Å². The van der Waals surface area contributed by atoms with Crippen LogP contribution in [0.5, 0.6) is 0 Å². The first-order chi connectivity index (χ1) is 11.7. The van der Waals surface area contributed by atoms with Crippen molar-refractivity contribution in [1.82, 2.24) is 0 Å². The van der Waals surface area contributed by atoms with E-state index in [0.29, 0.717) is 0 Å². The summed E-state index contributed by atoms with van der Waals surface area (Å²) in [6.45, 7) is 4.45. The van der Waals surface area contributed by atoms with Crippen LogP contribution in [0.4, 0.5) is 4.79 Å². The van der Waals surface area contributed by atoms with Crippen LogP contribution < -0.4 is 0 Å². The average molecular weight is 339 g/mol. The molecule has 0 spiro atoms. The fourth-order valence-corrected chi connectivity index (χ4v) is 2.61. The summed E-state index contributed by atoms with van der Waals surface area (Å²) >= 11 is 0. The lowest BCUT2D eigenvalue weighted by molar-refractivity contribution is 0.0521. The van der Waals surface area contributed by atoms with Gasteiger partial charge in [-0.15, -0.1) is 0 Å². The third-order valence-electron chi connectivity index (χ3n) is 4.14. The molecule has 140 valence electrons. The Bertz CT molecular complexity index is 341. The van der Waals surface area contributed by atoms with Crippen molar-refractivity contribution >= 4 is 6.16 Å². The Hall–Kier alpha value is -1.17. The van der Waals surface area contributed by atoms with Crippen LogP contribution in [0.25, 0.3) is 0 Å². The molecule has 0 aliphatic rings. The highest BCUT2D eigenvalue weighted by atomic mass is 16.7. The van der Waals surface area contributed by atoms with Gasteiger partial charge in [-0.1, -0.05) is 89.9 Å². The second kappa shape index (κ2) is 18.2. The monoisotopic (exact) mass is 338 g/mol. The van der Waals surface area contributed by atoms with Gasteiger partial charge in [-0.2, -0.15) is 0 Å². The van der Waals surface area contributed by atoms with Crippen LogP contribution in [0, 0.1) is 11.8 Å². The van der Waals surface area contributed by atoms with Crippen LogP contribution in [0.15, 0.2) is 0 Å². The number of rotatable bonds is 14. The van der Waals surface area contributed by atoms with Crippen molar-refractivity contribution < 1.29 is 14.3 Å². The fourth-order valence-electron chi connectivity index (χ4n) is 2.61. The number of hydrogen-bond acceptors (Lipinski definition) is 3. The van der Waals surface area contributed by atoms with Crippen molar-refractivity contribution in [2.45, 2.75) is 110 Å². The van der Waals surface area contributed by atoms with Crippen LogP contribution in [-0.2, 0) is 9.47 Å². The van der Waals surface area contributed by atoms with Crippen molar-refractivity contribution in [3.63, 3.8) is 0 Å². The molecule has 1 atom stereocenters. The molecule has 3 nitrogen and oxygen atoms in total. The molecule has 1 unspecified atom stereocenters. The van der Waals surface area contributed by atoms with Gasteiger partial charge in [0, 0.05) is 6.42 Å². The SMILES string of the molecule is CCCCCCCCC#CC(CCCCCCCC)OC(=O)OC. The molecule has 3 heteroatoms. The Morgan fingerprint density at radius 3 is 1.96 bits per heavy atom. The van der Waals surface area contributed by atoms with Gasteiger partial charge in [0.25, 0.3) is 0 Å². The predicted octanol–water partition coefficient (Wildman–Crippen LogP) is 6.64. The predicted molar refractivity (Wildman–Crippen MR) is 101 cm³/mol. The lowest BCUT2D eigenvalue weighted by Gasteiger charge is -2.11. The minimum absolute atomic E-state index is 0.316. The molecule has 0 heterocycles. The molecule has 0 aromatic heterocycles. The van der Waals surface area contributed by atoms with Gasteiger partial charge in [-0.05, 0) is 19.3 Å². The van der Waals surface area contributed by atoms with Crippen LogP contribution in [-0.4, -0.2) is 19.4 Å². The van der Waals surface area contributed by atoms with Gasteiger partial charge in [0.15, 0.2) is 6.10 Å². The second-order valence-corrected chi connectivity index (χ2v) is 6.46. The van der Waals surface area contributed by atoms with Crippen LogP contribution >= 0.6 is 0 Å². The van der Waals surface area contributed by atoms with Crippen molar-refractivity contribution in [3.8, 4) is 11.8 Å². The average Bonchev–Trinajstić information content (AvgIpc) is 2.59. The quantitative estimate of drug-likeness (QED) is 0.202. The zero-order chi connectivity index (χ0) is 17.9. The highest BCUT2D eigenvalue weighted by Gasteiger charge is 2.11. The zero-order valence-electron chi connectivity index (χ0n) is 16.2. The lowest BCUT2D eigenvalue weighted by Crippen LogP contribution is -2.16. The Kier molecular flexibility index (Phi) is 17.3. The van der Waals surface area contributed by atoms with E-state index in [1.807, 2.05) is 0 Å². The van der Waals surface area contributed by atoms with E-state index < -0.39 is 6.16 Å². The topological polar surface area (TPSA) is 35.5 Å². The standard InChI is InChI=1S/C21H38O3/c1-4-6-8-10-12-13-15-17-19-20(24-21(22)23-3)18-16-14-11-9-7-5-2/h20H,4-16,18H2,1-3H3. The normalized spacial score (nSPS) is 11.5. The molecule has 0 rings (SSSR count). The summed E-state index contributed by atoms with van der Waals surface area (Å²) < 4.78 is 9.85. The first-order valence-electron chi connectivity index (χ1n) is 9.97. The maximum atomic E-state index is 11.3. The van der Waals surface area contributed by atoms with Gasteiger partial charge in [-0.3, -0.25) is 0 Å². The van der Waals surface area contributed by atoms with Gasteiger partial charge >= 0.3 is 6.16 Å². The molecule has 24 heavy (non-hydrogen) atoms. The van der Waals surface area contributed by atoms with E-state index >= 15 is 0 Å². The van der Waals surface area contributed by atoms with Crippen molar-refractivity contribution in [1.29, 1.82) is 0 Å². The molecule has 0 saturated carbocycles. The van der Waals surface area contributed by atoms with E-state index in [-0.39, 0.29) is 6.10 Å². The number of methoxy groups -OCH3 is 1. The molecule has 0 amide bonds. The summed E-state index contributed by atoms with van der Waals surface area (Å²) in [6.07, 6.45) is 15.7. The second-order valence-electron chi connectivity index (χ2n) is 6.46. The molecule has 0 bridgehead atoms. The van der Waals surface area contributed by atoms with E-state index in [0.717, 1.165) is 25.7 Å². The largest absolute Gasteiger partial charge is 0.509 e. The summed E-state index contributed by atoms with van der Waals surface area (Å²) in [5.41, 5.74) is 0. The van der Waals surface area contributed by atoms with Gasteiger partial charge in [0.2, 0.25) is 0 Å². The van der Waals surface area contributed by atoms with E-state index in [4.69, 9.17) is 4.74 Å². The molecular formula is C21H38O3. The molecule has 0 N–H and O–H groups in total. The van der Waals surface area contributed by atoms with Crippen molar-refractivity contribution in [2.24, 2.45) is 0 Å². The fraction of sp³-hybridized carbons (Fsp3) is 0.857. The van der Waals surface area contributed by atoms with Crippen LogP contribution in [0.3, 0.4) is 0 Å². The molecule has 0 saturated heterocycles. The Morgan fingerprint density at radius 2 is 1.38 bits per heavy atom. The van der Waals surface area contributed by atoms with Gasteiger partial charge in [0.05, 0.1) is 7.11 Å². The smallest absolute Gasteiger partial charge is 0.438 e. The number of carbonyl (C=O) groups excluding carboxylic acids is 1. The summed E-state index contributed by atoms with van der Waals surface area (Å²) in [6, 6.07) is 0. The minimum Gasteiger partial charge on any atom is -0.438 e. The number of ether oxygens (including phenoxy) is 2. The van der Waals surface area contributed by atoms with Gasteiger partial charge < -0.3 is 9.47 Å². The maximum absolute atomic E-state index is 11.3. The summed E-state index contributed by atoms with van der Waals surface area (Å²) in [5, 5.41) is 0. The molecule has 0 aromatic carbocycles. The zero-order valence-corrected chi connectivity index (χ0v) is 16.2. The Morgan fingerprint density at radius 1 is 0.833 bits per heavy atom. The molecule has 0 aromatic rings. The first-order valence-corrected chi connectivity index (χ1v) is 9.97. The Balaban J connectivity index is 3.95. The van der Waals surface area contributed by atoms with Crippen LogP contribution in [0.2, 0.25) is 0 Å². The van der Waals surface area contributed by atoms with E-state index in [1.165, 1.54) is 71.3 Å².